The Kier molecular flexibility index (Phi) is 5.22. The van der Waals surface area contributed by atoms with Gasteiger partial charge in [0, 0.05) is 18.2 Å². The third-order valence-electron chi connectivity index (χ3n) is 4.65. The molecule has 0 atom stereocenters. The van der Waals surface area contributed by atoms with Crippen LogP contribution in [0.5, 0.6) is 0 Å². The summed E-state index contributed by atoms with van der Waals surface area (Å²) in [4.78, 5) is 30.2. The fourth-order valence-electron chi connectivity index (χ4n) is 3.29. The minimum Gasteiger partial charge on any atom is -0.350 e. The second-order valence-electron chi connectivity index (χ2n) is 6.71. The third kappa shape index (κ3) is 3.95. The SMILES string of the molecule is Cc1nc(C)c(-c2ccc(=O)n(CCNC(=O)c3cccc4ccccc34)n2)s1. The van der Waals surface area contributed by atoms with E-state index >= 15 is 0 Å². The monoisotopic (exact) mass is 404 g/mol. The van der Waals surface area contributed by atoms with Gasteiger partial charge in [-0.15, -0.1) is 11.3 Å². The number of benzene rings is 2. The van der Waals surface area contributed by atoms with Gasteiger partial charge in [-0.1, -0.05) is 36.4 Å². The summed E-state index contributed by atoms with van der Waals surface area (Å²) in [6, 6.07) is 16.6. The zero-order valence-electron chi connectivity index (χ0n) is 16.2. The molecule has 0 spiro atoms. The van der Waals surface area contributed by atoms with Crippen molar-refractivity contribution >= 4 is 28.0 Å². The van der Waals surface area contributed by atoms with E-state index in [9.17, 15) is 9.59 Å². The van der Waals surface area contributed by atoms with E-state index in [0.717, 1.165) is 26.4 Å². The maximum absolute atomic E-state index is 12.6. The zero-order chi connectivity index (χ0) is 20.4. The normalized spacial score (nSPS) is 11.0. The first-order valence-electron chi connectivity index (χ1n) is 9.31. The zero-order valence-corrected chi connectivity index (χ0v) is 17.0. The van der Waals surface area contributed by atoms with Gasteiger partial charge in [-0.3, -0.25) is 9.59 Å². The predicted molar refractivity (Wildman–Crippen MR) is 115 cm³/mol. The van der Waals surface area contributed by atoms with E-state index in [1.54, 1.807) is 23.5 Å². The summed E-state index contributed by atoms with van der Waals surface area (Å²) >= 11 is 1.55. The quantitative estimate of drug-likeness (QED) is 0.552. The Hall–Kier alpha value is -3.32. The van der Waals surface area contributed by atoms with Crippen LogP contribution in [0.4, 0.5) is 0 Å². The Morgan fingerprint density at radius 2 is 1.86 bits per heavy atom. The molecule has 0 saturated carbocycles. The van der Waals surface area contributed by atoms with Crippen LogP contribution in [0.15, 0.2) is 59.4 Å². The smallest absolute Gasteiger partial charge is 0.266 e. The van der Waals surface area contributed by atoms with Crippen molar-refractivity contribution < 1.29 is 4.79 Å². The molecule has 0 radical (unpaired) electrons. The molecule has 0 aliphatic carbocycles. The van der Waals surface area contributed by atoms with Crippen LogP contribution >= 0.6 is 11.3 Å². The van der Waals surface area contributed by atoms with Crippen LogP contribution in [0.1, 0.15) is 21.1 Å². The fraction of sp³-hybridized carbons (Fsp3) is 0.182. The second-order valence-corrected chi connectivity index (χ2v) is 7.91. The molecule has 4 rings (SSSR count). The fourth-order valence-corrected chi connectivity index (χ4v) is 4.18. The van der Waals surface area contributed by atoms with Crippen molar-refractivity contribution in [1.29, 1.82) is 0 Å². The van der Waals surface area contributed by atoms with Crippen LogP contribution < -0.4 is 10.9 Å². The number of carbonyl (C=O) groups is 1. The van der Waals surface area contributed by atoms with E-state index in [2.05, 4.69) is 15.4 Å². The molecule has 2 heterocycles. The maximum atomic E-state index is 12.6. The van der Waals surface area contributed by atoms with Gasteiger partial charge in [0.1, 0.15) is 5.69 Å². The van der Waals surface area contributed by atoms with Crippen molar-refractivity contribution in [2.24, 2.45) is 0 Å². The number of aryl methyl sites for hydroxylation is 2. The molecule has 0 fully saturated rings. The van der Waals surface area contributed by atoms with Crippen molar-refractivity contribution in [3.63, 3.8) is 0 Å². The minimum atomic E-state index is -0.202. The lowest BCUT2D eigenvalue weighted by Crippen LogP contribution is -2.32. The molecule has 146 valence electrons. The molecule has 7 heteroatoms. The number of nitrogens with zero attached hydrogens (tertiary/aromatic N) is 3. The van der Waals surface area contributed by atoms with Gasteiger partial charge in [-0.25, -0.2) is 9.67 Å². The molecule has 0 bridgehead atoms. The Bertz CT molecular complexity index is 1250. The number of thiazole rings is 1. The van der Waals surface area contributed by atoms with Crippen molar-refractivity contribution in [3.8, 4) is 10.6 Å². The molecule has 1 N–H and O–H groups in total. The summed E-state index contributed by atoms with van der Waals surface area (Å²) in [5.74, 6) is -0.167. The molecule has 0 aliphatic rings. The topological polar surface area (TPSA) is 76.9 Å². The highest BCUT2D eigenvalue weighted by Crippen LogP contribution is 2.27. The first kappa shape index (κ1) is 19.0. The number of rotatable bonds is 5. The van der Waals surface area contributed by atoms with E-state index in [1.807, 2.05) is 50.2 Å². The predicted octanol–water partition coefficient (Wildman–Crippen LogP) is 3.57. The molecule has 2 aromatic heterocycles. The van der Waals surface area contributed by atoms with Crippen LogP contribution in [-0.4, -0.2) is 27.2 Å². The summed E-state index contributed by atoms with van der Waals surface area (Å²) in [6.45, 7) is 4.47. The number of hydrogen-bond donors (Lipinski definition) is 1. The van der Waals surface area contributed by atoms with Gasteiger partial charge in [-0.2, -0.15) is 5.10 Å². The molecular weight excluding hydrogens is 384 g/mol. The van der Waals surface area contributed by atoms with Crippen molar-refractivity contribution in [3.05, 3.63) is 81.2 Å². The van der Waals surface area contributed by atoms with E-state index in [4.69, 9.17) is 0 Å². The highest BCUT2D eigenvalue weighted by Gasteiger charge is 2.12. The molecule has 4 aromatic rings. The van der Waals surface area contributed by atoms with Crippen LogP contribution in [-0.2, 0) is 6.54 Å². The van der Waals surface area contributed by atoms with Crippen molar-refractivity contribution in [2.75, 3.05) is 6.54 Å². The number of fused-ring (bicyclic) bond motifs is 1. The lowest BCUT2D eigenvalue weighted by atomic mass is 10.0. The number of amides is 1. The lowest BCUT2D eigenvalue weighted by Gasteiger charge is -2.10. The largest absolute Gasteiger partial charge is 0.350 e. The Labute approximate surface area is 171 Å². The van der Waals surface area contributed by atoms with Crippen LogP contribution in [0.25, 0.3) is 21.3 Å². The molecule has 0 aliphatic heterocycles. The molecule has 29 heavy (non-hydrogen) atoms. The molecule has 0 saturated heterocycles. The second kappa shape index (κ2) is 7.97. The van der Waals surface area contributed by atoms with Gasteiger partial charge in [0.15, 0.2) is 0 Å². The van der Waals surface area contributed by atoms with Gasteiger partial charge in [0.25, 0.3) is 11.5 Å². The van der Waals surface area contributed by atoms with Crippen LogP contribution in [0.2, 0.25) is 0 Å². The number of nitrogens with one attached hydrogen (secondary N) is 1. The average Bonchev–Trinajstić information content (AvgIpc) is 3.06. The molecule has 1 amide bonds. The van der Waals surface area contributed by atoms with Crippen LogP contribution in [0, 0.1) is 13.8 Å². The lowest BCUT2D eigenvalue weighted by molar-refractivity contribution is 0.0953. The van der Waals surface area contributed by atoms with Gasteiger partial charge < -0.3 is 5.32 Å². The maximum Gasteiger partial charge on any atom is 0.266 e. The Morgan fingerprint density at radius 1 is 1.07 bits per heavy atom. The average molecular weight is 404 g/mol. The highest BCUT2D eigenvalue weighted by molar-refractivity contribution is 7.15. The minimum absolute atomic E-state index is 0.167. The third-order valence-corrected chi connectivity index (χ3v) is 5.74. The highest BCUT2D eigenvalue weighted by atomic mass is 32.1. The summed E-state index contributed by atoms with van der Waals surface area (Å²) in [6.07, 6.45) is 0. The molecule has 0 unspecified atom stereocenters. The molecule has 2 aromatic carbocycles. The molecule has 6 nitrogen and oxygen atoms in total. The molecular formula is C22H20N4O2S. The Balaban J connectivity index is 1.49. The van der Waals surface area contributed by atoms with Crippen LogP contribution in [0.3, 0.4) is 0 Å². The van der Waals surface area contributed by atoms with Gasteiger partial charge in [0.05, 0.1) is 22.1 Å². The van der Waals surface area contributed by atoms with Gasteiger partial charge >= 0.3 is 0 Å². The summed E-state index contributed by atoms with van der Waals surface area (Å²) in [5, 5.41) is 10.2. The standard InChI is InChI=1S/C22H20N4O2S/c1-14-21(29-15(2)24-14)19-10-11-20(27)26(25-19)13-12-23-22(28)18-9-5-7-16-6-3-4-8-17(16)18/h3-11H,12-13H2,1-2H3,(H,23,28). The number of carbonyl (C=O) groups excluding carboxylic acids is 1. The first-order valence-corrected chi connectivity index (χ1v) is 10.1. The number of aromatic nitrogens is 3. The van der Waals surface area contributed by atoms with Crippen molar-refractivity contribution in [1.82, 2.24) is 20.1 Å². The van der Waals surface area contributed by atoms with Gasteiger partial charge in [0.2, 0.25) is 0 Å². The van der Waals surface area contributed by atoms with Gasteiger partial charge in [-0.05, 0) is 36.8 Å². The Morgan fingerprint density at radius 3 is 2.66 bits per heavy atom. The summed E-state index contributed by atoms with van der Waals surface area (Å²) < 4.78 is 1.38. The first-order chi connectivity index (χ1) is 14.0. The number of hydrogen-bond acceptors (Lipinski definition) is 5. The van der Waals surface area contributed by atoms with E-state index < -0.39 is 0 Å². The van der Waals surface area contributed by atoms with E-state index in [0.29, 0.717) is 24.3 Å². The van der Waals surface area contributed by atoms with E-state index in [-0.39, 0.29) is 11.5 Å². The summed E-state index contributed by atoms with van der Waals surface area (Å²) in [5.41, 5.74) is 2.03. The summed E-state index contributed by atoms with van der Waals surface area (Å²) in [7, 11) is 0. The van der Waals surface area contributed by atoms with E-state index in [1.165, 1.54) is 10.7 Å². The van der Waals surface area contributed by atoms with Crippen molar-refractivity contribution in [2.45, 2.75) is 20.4 Å².